The van der Waals surface area contributed by atoms with Crippen LogP contribution in [0.4, 0.5) is 5.69 Å². The summed E-state index contributed by atoms with van der Waals surface area (Å²) in [5.74, 6) is 0.651. The summed E-state index contributed by atoms with van der Waals surface area (Å²) < 4.78 is 13.8. The van der Waals surface area contributed by atoms with Gasteiger partial charge in [0.15, 0.2) is 5.75 Å². The lowest BCUT2D eigenvalue weighted by molar-refractivity contribution is -0.384. The SMILES string of the molecule is CCCCCCCCn1c(=O)c(OCCCCCC)c(OCCCC)c2ccc([N+](=O)[O-])cc21. The summed E-state index contributed by atoms with van der Waals surface area (Å²) in [6.45, 7) is 7.85. The zero-order valence-corrected chi connectivity index (χ0v) is 21.3. The van der Waals surface area contributed by atoms with Gasteiger partial charge in [-0.05, 0) is 25.3 Å². The van der Waals surface area contributed by atoms with Gasteiger partial charge in [0.05, 0.1) is 23.7 Å². The van der Waals surface area contributed by atoms with Crippen LogP contribution in [-0.4, -0.2) is 22.7 Å². The summed E-state index contributed by atoms with van der Waals surface area (Å²) in [6, 6.07) is 4.65. The molecule has 0 spiro atoms. The number of non-ortho nitro benzene ring substituents is 1. The van der Waals surface area contributed by atoms with Gasteiger partial charge in [-0.25, -0.2) is 0 Å². The third-order valence-corrected chi connectivity index (χ3v) is 6.10. The number of hydrogen-bond acceptors (Lipinski definition) is 5. The smallest absolute Gasteiger partial charge is 0.297 e. The van der Waals surface area contributed by atoms with Gasteiger partial charge in [-0.2, -0.15) is 0 Å². The van der Waals surface area contributed by atoms with Gasteiger partial charge < -0.3 is 14.0 Å². The monoisotopic (exact) mass is 474 g/mol. The molecule has 0 bridgehead atoms. The number of nitrogens with zero attached hydrogens (tertiary/aromatic N) is 2. The van der Waals surface area contributed by atoms with E-state index in [0.29, 0.717) is 36.4 Å². The first-order chi connectivity index (χ1) is 16.5. The summed E-state index contributed by atoms with van der Waals surface area (Å²) in [7, 11) is 0. The molecule has 0 amide bonds. The van der Waals surface area contributed by atoms with Crippen molar-refractivity contribution < 1.29 is 14.4 Å². The molecule has 190 valence electrons. The Labute approximate surface area is 203 Å². The molecule has 0 atom stereocenters. The fourth-order valence-electron chi connectivity index (χ4n) is 4.06. The van der Waals surface area contributed by atoms with Crippen molar-refractivity contribution in [1.82, 2.24) is 4.57 Å². The standard InChI is InChI=1S/C27H42N2O5/c1-4-7-10-12-13-14-18-28-24-21-22(29(31)32)16-17-23(24)25(33-19-9-6-3)26(27(28)30)34-20-15-11-8-5-2/h16-17,21H,4-15,18-20H2,1-3H3. The molecular weight excluding hydrogens is 432 g/mol. The second-order valence-corrected chi connectivity index (χ2v) is 8.95. The van der Waals surface area contributed by atoms with Gasteiger partial charge in [0, 0.05) is 24.1 Å². The Morgan fingerprint density at radius 1 is 0.794 bits per heavy atom. The number of nitro benzene ring substituents is 1. The number of fused-ring (bicyclic) bond motifs is 1. The molecule has 1 aromatic carbocycles. The lowest BCUT2D eigenvalue weighted by Crippen LogP contribution is -2.24. The average molecular weight is 475 g/mol. The van der Waals surface area contributed by atoms with E-state index < -0.39 is 4.92 Å². The van der Waals surface area contributed by atoms with Gasteiger partial charge in [0.25, 0.3) is 11.2 Å². The van der Waals surface area contributed by atoms with Gasteiger partial charge in [0.1, 0.15) is 0 Å². The molecule has 1 heterocycles. The molecule has 7 nitrogen and oxygen atoms in total. The molecule has 0 fully saturated rings. The third-order valence-electron chi connectivity index (χ3n) is 6.10. The molecule has 7 heteroatoms. The summed E-state index contributed by atoms with van der Waals surface area (Å²) >= 11 is 0. The summed E-state index contributed by atoms with van der Waals surface area (Å²) in [4.78, 5) is 24.6. The van der Waals surface area contributed by atoms with E-state index in [2.05, 4.69) is 20.8 Å². The van der Waals surface area contributed by atoms with E-state index >= 15 is 0 Å². The lowest BCUT2D eigenvalue weighted by atomic mass is 10.1. The van der Waals surface area contributed by atoms with E-state index in [1.165, 1.54) is 31.4 Å². The number of aryl methyl sites for hydroxylation is 1. The molecule has 0 N–H and O–H groups in total. The first kappa shape index (κ1) is 27.7. The van der Waals surface area contributed by atoms with Crippen molar-refractivity contribution in [3.05, 3.63) is 38.7 Å². The minimum atomic E-state index is -0.422. The maximum atomic E-state index is 13.6. The second-order valence-electron chi connectivity index (χ2n) is 8.95. The Bertz CT molecular complexity index is 954. The van der Waals surface area contributed by atoms with Crippen LogP contribution < -0.4 is 15.0 Å². The third kappa shape index (κ3) is 8.03. The van der Waals surface area contributed by atoms with Gasteiger partial charge >= 0.3 is 0 Å². The van der Waals surface area contributed by atoms with Crippen molar-refractivity contribution >= 4 is 16.6 Å². The minimum Gasteiger partial charge on any atom is -0.489 e. The number of ether oxygens (including phenoxy) is 2. The van der Waals surface area contributed by atoms with Crippen molar-refractivity contribution in [3.8, 4) is 11.5 Å². The molecule has 0 radical (unpaired) electrons. The van der Waals surface area contributed by atoms with Crippen molar-refractivity contribution in [2.75, 3.05) is 13.2 Å². The summed E-state index contributed by atoms with van der Waals surface area (Å²) in [6.07, 6.45) is 12.6. The van der Waals surface area contributed by atoms with E-state index in [4.69, 9.17) is 9.47 Å². The fourth-order valence-corrected chi connectivity index (χ4v) is 4.06. The van der Waals surface area contributed by atoms with E-state index in [1.54, 1.807) is 10.6 Å². The highest BCUT2D eigenvalue weighted by Crippen LogP contribution is 2.35. The maximum Gasteiger partial charge on any atom is 0.297 e. The van der Waals surface area contributed by atoms with E-state index in [0.717, 1.165) is 57.8 Å². The topological polar surface area (TPSA) is 83.6 Å². The van der Waals surface area contributed by atoms with E-state index in [-0.39, 0.29) is 17.0 Å². The fraction of sp³-hybridized carbons (Fsp3) is 0.667. The molecule has 0 unspecified atom stereocenters. The molecule has 2 aromatic rings. The van der Waals surface area contributed by atoms with E-state index in [1.807, 2.05) is 0 Å². The normalized spacial score (nSPS) is 11.1. The lowest BCUT2D eigenvalue weighted by Gasteiger charge is -2.19. The maximum absolute atomic E-state index is 13.6. The number of rotatable bonds is 18. The Balaban J connectivity index is 2.44. The van der Waals surface area contributed by atoms with Gasteiger partial charge in [0.2, 0.25) is 5.75 Å². The number of pyridine rings is 1. The first-order valence-corrected chi connectivity index (χ1v) is 13.2. The Hall–Kier alpha value is -2.57. The Morgan fingerprint density at radius 2 is 1.38 bits per heavy atom. The molecule has 0 aliphatic rings. The van der Waals surface area contributed by atoms with Crippen molar-refractivity contribution in [2.45, 2.75) is 104 Å². The molecular formula is C27H42N2O5. The van der Waals surface area contributed by atoms with Crippen LogP contribution >= 0.6 is 0 Å². The van der Waals surface area contributed by atoms with Crippen LogP contribution in [0.3, 0.4) is 0 Å². The number of hydrogen-bond donors (Lipinski definition) is 0. The molecule has 2 rings (SSSR count). The van der Waals surface area contributed by atoms with Crippen molar-refractivity contribution in [3.63, 3.8) is 0 Å². The minimum absolute atomic E-state index is 0.0312. The molecule has 34 heavy (non-hydrogen) atoms. The Kier molecular flexibility index (Phi) is 12.5. The predicted molar refractivity (Wildman–Crippen MR) is 138 cm³/mol. The molecule has 0 aliphatic carbocycles. The van der Waals surface area contributed by atoms with Crippen molar-refractivity contribution in [2.24, 2.45) is 0 Å². The summed E-state index contributed by atoms with van der Waals surface area (Å²) in [5, 5.41) is 12.1. The second kappa shape index (κ2) is 15.4. The average Bonchev–Trinajstić information content (AvgIpc) is 2.83. The van der Waals surface area contributed by atoms with E-state index in [9.17, 15) is 14.9 Å². The number of benzene rings is 1. The molecule has 1 aromatic heterocycles. The van der Waals surface area contributed by atoms with Crippen LogP contribution in [0, 0.1) is 10.1 Å². The first-order valence-electron chi connectivity index (χ1n) is 13.2. The number of nitro groups is 1. The van der Waals surface area contributed by atoms with Crippen LogP contribution in [0.25, 0.3) is 10.9 Å². The zero-order valence-electron chi connectivity index (χ0n) is 21.3. The van der Waals surface area contributed by atoms with Crippen molar-refractivity contribution in [1.29, 1.82) is 0 Å². The summed E-state index contributed by atoms with van der Waals surface area (Å²) in [5.41, 5.74) is 0.248. The largest absolute Gasteiger partial charge is 0.489 e. The highest BCUT2D eigenvalue weighted by molar-refractivity contribution is 5.89. The van der Waals surface area contributed by atoms with Crippen LogP contribution in [0.15, 0.2) is 23.0 Å². The Morgan fingerprint density at radius 3 is 2.06 bits per heavy atom. The predicted octanol–water partition coefficient (Wildman–Crippen LogP) is 7.41. The van der Waals surface area contributed by atoms with Gasteiger partial charge in [-0.3, -0.25) is 14.9 Å². The van der Waals surface area contributed by atoms with Gasteiger partial charge in [-0.15, -0.1) is 0 Å². The van der Waals surface area contributed by atoms with Gasteiger partial charge in [-0.1, -0.05) is 78.6 Å². The molecule has 0 saturated heterocycles. The highest BCUT2D eigenvalue weighted by atomic mass is 16.6. The molecule has 0 aliphatic heterocycles. The van der Waals surface area contributed by atoms with Crippen LogP contribution in [0.5, 0.6) is 11.5 Å². The zero-order chi connectivity index (χ0) is 24.8. The highest BCUT2D eigenvalue weighted by Gasteiger charge is 2.21. The number of unbranched alkanes of at least 4 members (excludes halogenated alkanes) is 9. The van der Waals surface area contributed by atoms with Crippen LogP contribution in [0.2, 0.25) is 0 Å². The molecule has 0 saturated carbocycles. The number of aromatic nitrogens is 1. The van der Waals surface area contributed by atoms with Crippen LogP contribution in [0.1, 0.15) is 97.8 Å². The van der Waals surface area contributed by atoms with Crippen LogP contribution in [-0.2, 0) is 6.54 Å². The quantitative estimate of drug-likeness (QED) is 0.128.